The highest BCUT2D eigenvalue weighted by Gasteiger charge is 2.39. The number of alkyl halides is 3. The number of anilines is 1. The Bertz CT molecular complexity index is 524. The number of ketones is 1. The molecule has 0 bridgehead atoms. The fraction of sp³-hybridized carbons (Fsp3) is 0.231. The minimum atomic E-state index is -4.91. The quantitative estimate of drug-likeness (QED) is 0.366. The maximum absolute atomic E-state index is 12.2. The molecule has 5 nitrogen and oxygen atoms in total. The van der Waals surface area contributed by atoms with Crippen molar-refractivity contribution >= 4 is 17.4 Å². The van der Waals surface area contributed by atoms with Gasteiger partial charge in [0.15, 0.2) is 0 Å². The van der Waals surface area contributed by atoms with Crippen molar-refractivity contribution in [2.24, 2.45) is 0 Å². The van der Waals surface area contributed by atoms with Crippen molar-refractivity contribution in [2.75, 3.05) is 12.0 Å². The third kappa shape index (κ3) is 5.55. The van der Waals surface area contributed by atoms with Gasteiger partial charge in [0.2, 0.25) is 0 Å². The van der Waals surface area contributed by atoms with Crippen molar-refractivity contribution in [2.45, 2.75) is 13.1 Å². The molecule has 0 radical (unpaired) electrons. The van der Waals surface area contributed by atoms with E-state index in [1.807, 2.05) is 0 Å². The molecule has 0 saturated carbocycles. The molecule has 0 aliphatic heterocycles. The topological polar surface area (TPSA) is 67.4 Å². The van der Waals surface area contributed by atoms with Crippen LogP contribution in [0.4, 0.5) is 18.9 Å². The molecule has 0 fully saturated rings. The number of Topliss-reactive ketones (excluding diaryl/α,β-unsaturated/α-hetero) is 1. The van der Waals surface area contributed by atoms with Crippen LogP contribution in [0.25, 0.3) is 0 Å². The van der Waals surface area contributed by atoms with Crippen LogP contribution in [0.5, 0.6) is 0 Å². The Hall–Kier alpha value is -2.51. The van der Waals surface area contributed by atoms with E-state index < -0.39 is 23.4 Å². The number of carbonyl (C=O) groups excluding carboxylic acids is 2. The van der Waals surface area contributed by atoms with Gasteiger partial charge in [0.05, 0.1) is 18.6 Å². The number of rotatable bonds is 6. The highest BCUT2D eigenvalue weighted by Crippen LogP contribution is 2.22. The van der Waals surface area contributed by atoms with Crippen LogP contribution in [0, 0.1) is 0 Å². The Balaban J connectivity index is 2.56. The SMILES string of the molecule is CCOC=CC(=O)NNc1ccc(C(=O)C(F)(F)F)cc1. The molecule has 0 unspecified atom stereocenters. The molecule has 8 heteroatoms. The van der Waals surface area contributed by atoms with Gasteiger partial charge in [-0.15, -0.1) is 0 Å². The standard InChI is InChI=1S/C13H13F3N2O3/c1-2-21-8-7-11(19)18-17-10-5-3-9(4-6-10)12(20)13(14,15)16/h3-8,17H,2H2,1H3,(H,18,19). The van der Waals surface area contributed by atoms with Crippen molar-refractivity contribution in [3.05, 3.63) is 42.2 Å². The first-order chi connectivity index (χ1) is 9.84. The smallest absolute Gasteiger partial charge is 0.454 e. The number of carbonyl (C=O) groups is 2. The maximum atomic E-state index is 12.2. The van der Waals surface area contributed by atoms with Crippen LogP contribution in [-0.2, 0) is 9.53 Å². The molecule has 0 spiro atoms. The van der Waals surface area contributed by atoms with Gasteiger partial charge in [-0.1, -0.05) is 0 Å². The molecule has 0 heterocycles. The zero-order valence-corrected chi connectivity index (χ0v) is 11.0. The van der Waals surface area contributed by atoms with Gasteiger partial charge in [-0.25, -0.2) is 0 Å². The summed E-state index contributed by atoms with van der Waals surface area (Å²) in [6, 6.07) is 4.51. The zero-order chi connectivity index (χ0) is 15.9. The van der Waals surface area contributed by atoms with E-state index in [1.165, 1.54) is 18.4 Å². The summed E-state index contributed by atoms with van der Waals surface area (Å²) >= 11 is 0. The van der Waals surface area contributed by atoms with E-state index in [1.54, 1.807) is 6.92 Å². The first-order valence-corrected chi connectivity index (χ1v) is 5.90. The minimum absolute atomic E-state index is 0.326. The number of ether oxygens (including phenoxy) is 1. The second kappa shape index (κ2) is 7.32. The summed E-state index contributed by atoms with van der Waals surface area (Å²) in [6.45, 7) is 2.18. The van der Waals surface area contributed by atoms with E-state index in [-0.39, 0.29) is 0 Å². The van der Waals surface area contributed by atoms with E-state index in [9.17, 15) is 22.8 Å². The molecule has 0 aliphatic rings. The lowest BCUT2D eigenvalue weighted by Crippen LogP contribution is -2.27. The molecular formula is C13H13F3N2O3. The molecule has 0 aromatic heterocycles. The van der Waals surface area contributed by atoms with Crippen LogP contribution in [-0.4, -0.2) is 24.5 Å². The van der Waals surface area contributed by atoms with Crippen LogP contribution in [0.1, 0.15) is 17.3 Å². The van der Waals surface area contributed by atoms with E-state index in [0.717, 1.165) is 18.2 Å². The van der Waals surface area contributed by atoms with Crippen LogP contribution in [0.3, 0.4) is 0 Å². The summed E-state index contributed by atoms with van der Waals surface area (Å²) in [4.78, 5) is 22.2. The normalized spacial score (nSPS) is 11.2. The summed E-state index contributed by atoms with van der Waals surface area (Å²) in [7, 11) is 0. The summed E-state index contributed by atoms with van der Waals surface area (Å²) in [6.07, 6.45) is -2.56. The van der Waals surface area contributed by atoms with Gasteiger partial charge in [0.1, 0.15) is 0 Å². The molecule has 1 aromatic rings. The zero-order valence-electron chi connectivity index (χ0n) is 11.0. The average molecular weight is 302 g/mol. The molecule has 0 aliphatic carbocycles. The Morgan fingerprint density at radius 1 is 1.24 bits per heavy atom. The van der Waals surface area contributed by atoms with Crippen molar-refractivity contribution in [3.8, 4) is 0 Å². The lowest BCUT2D eigenvalue weighted by Gasteiger charge is -2.08. The number of hydrazine groups is 1. The second-order valence-corrected chi connectivity index (χ2v) is 3.78. The molecule has 21 heavy (non-hydrogen) atoms. The van der Waals surface area contributed by atoms with Gasteiger partial charge in [-0.05, 0) is 31.2 Å². The summed E-state index contributed by atoms with van der Waals surface area (Å²) in [5, 5.41) is 0. The largest absolute Gasteiger partial charge is 0.501 e. The Morgan fingerprint density at radius 2 is 1.86 bits per heavy atom. The van der Waals surface area contributed by atoms with Crippen molar-refractivity contribution < 1.29 is 27.5 Å². The lowest BCUT2D eigenvalue weighted by atomic mass is 10.1. The molecule has 0 atom stereocenters. The molecule has 1 rings (SSSR count). The number of amides is 1. The van der Waals surface area contributed by atoms with E-state index in [0.29, 0.717) is 12.3 Å². The number of benzene rings is 1. The van der Waals surface area contributed by atoms with Crippen LogP contribution in [0.15, 0.2) is 36.6 Å². The predicted octanol–water partition coefficient (Wildman–Crippen LogP) is 2.42. The number of nitrogens with one attached hydrogen (secondary N) is 2. The molecule has 0 saturated heterocycles. The average Bonchev–Trinajstić information content (AvgIpc) is 2.44. The molecule has 2 N–H and O–H groups in total. The van der Waals surface area contributed by atoms with E-state index >= 15 is 0 Å². The monoisotopic (exact) mass is 302 g/mol. The lowest BCUT2D eigenvalue weighted by molar-refractivity contribution is -0.116. The number of halogens is 3. The van der Waals surface area contributed by atoms with Crippen molar-refractivity contribution in [1.29, 1.82) is 0 Å². The first kappa shape index (κ1) is 16.5. The summed E-state index contributed by atoms with van der Waals surface area (Å²) < 4.78 is 41.4. The van der Waals surface area contributed by atoms with Gasteiger partial charge in [-0.3, -0.25) is 20.4 Å². The number of hydrogen-bond donors (Lipinski definition) is 2. The van der Waals surface area contributed by atoms with Crippen LogP contribution in [0.2, 0.25) is 0 Å². The first-order valence-electron chi connectivity index (χ1n) is 5.90. The van der Waals surface area contributed by atoms with Crippen LogP contribution < -0.4 is 10.9 Å². The second-order valence-electron chi connectivity index (χ2n) is 3.78. The maximum Gasteiger partial charge on any atom is 0.454 e. The Kier molecular flexibility index (Phi) is 5.77. The highest BCUT2D eigenvalue weighted by molar-refractivity contribution is 6.00. The van der Waals surface area contributed by atoms with E-state index in [2.05, 4.69) is 10.9 Å². The summed E-state index contributed by atoms with van der Waals surface area (Å²) in [5.41, 5.74) is 4.60. The molecule has 114 valence electrons. The van der Waals surface area contributed by atoms with Crippen molar-refractivity contribution in [1.82, 2.24) is 5.43 Å². The van der Waals surface area contributed by atoms with Crippen LogP contribution >= 0.6 is 0 Å². The van der Waals surface area contributed by atoms with Gasteiger partial charge in [0.25, 0.3) is 11.7 Å². The third-order valence-electron chi connectivity index (χ3n) is 2.22. The fourth-order valence-electron chi connectivity index (χ4n) is 1.25. The Morgan fingerprint density at radius 3 is 2.38 bits per heavy atom. The van der Waals surface area contributed by atoms with Gasteiger partial charge in [-0.2, -0.15) is 13.2 Å². The molecule has 1 aromatic carbocycles. The van der Waals surface area contributed by atoms with Gasteiger partial charge < -0.3 is 4.74 Å². The fourth-order valence-corrected chi connectivity index (χ4v) is 1.25. The summed E-state index contributed by atoms with van der Waals surface area (Å²) in [5.74, 6) is -2.42. The molecule has 1 amide bonds. The highest BCUT2D eigenvalue weighted by atomic mass is 19.4. The Labute approximate surface area is 118 Å². The van der Waals surface area contributed by atoms with Gasteiger partial charge in [0, 0.05) is 11.6 Å². The third-order valence-corrected chi connectivity index (χ3v) is 2.22. The van der Waals surface area contributed by atoms with Crippen molar-refractivity contribution in [3.63, 3.8) is 0 Å². The number of hydrogen-bond acceptors (Lipinski definition) is 4. The minimum Gasteiger partial charge on any atom is -0.501 e. The van der Waals surface area contributed by atoms with E-state index in [4.69, 9.17) is 4.74 Å². The predicted molar refractivity (Wildman–Crippen MR) is 69.4 cm³/mol. The molecular weight excluding hydrogens is 289 g/mol. The van der Waals surface area contributed by atoms with Gasteiger partial charge >= 0.3 is 6.18 Å².